The number of hydrogen-bond acceptors (Lipinski definition) is 4. The quantitative estimate of drug-likeness (QED) is 0.653. The molecule has 0 aliphatic heterocycles. The number of esters is 1. The molecule has 18 heavy (non-hydrogen) atoms. The van der Waals surface area contributed by atoms with Crippen molar-refractivity contribution >= 4 is 28.9 Å². The van der Waals surface area contributed by atoms with Gasteiger partial charge in [0.05, 0.1) is 23.4 Å². The first kappa shape index (κ1) is 13.0. The number of methoxy groups -OCH3 is 1. The van der Waals surface area contributed by atoms with E-state index in [2.05, 4.69) is 19.2 Å². The Balaban J connectivity index is 2.35. The van der Waals surface area contributed by atoms with E-state index in [9.17, 15) is 4.79 Å². The van der Waals surface area contributed by atoms with Crippen molar-refractivity contribution < 1.29 is 9.53 Å². The van der Waals surface area contributed by atoms with Crippen LogP contribution in [-0.2, 0) is 4.74 Å². The summed E-state index contributed by atoms with van der Waals surface area (Å²) in [5.41, 5.74) is 7.36. The van der Waals surface area contributed by atoms with Gasteiger partial charge in [-0.1, -0.05) is 25.4 Å². The van der Waals surface area contributed by atoms with Gasteiger partial charge in [-0.2, -0.15) is 0 Å². The minimum absolute atomic E-state index is 0.234. The van der Waals surface area contributed by atoms with E-state index < -0.39 is 5.97 Å². The van der Waals surface area contributed by atoms with Crippen molar-refractivity contribution in [3.8, 4) is 0 Å². The van der Waals surface area contributed by atoms with Gasteiger partial charge in [0.25, 0.3) is 0 Å². The molecule has 0 bridgehead atoms. The van der Waals surface area contributed by atoms with E-state index in [1.807, 2.05) is 0 Å². The summed E-state index contributed by atoms with van der Waals surface area (Å²) < 4.78 is 4.75. The molecule has 0 amide bonds. The van der Waals surface area contributed by atoms with E-state index >= 15 is 0 Å². The normalized spacial score (nSPS) is 20.3. The fourth-order valence-corrected chi connectivity index (χ4v) is 2.22. The van der Waals surface area contributed by atoms with Crippen LogP contribution in [0.5, 0.6) is 0 Å². The molecule has 1 aromatic carbocycles. The SMILES string of the molecule is COC(=O)c1cc(N)cc(Cl)c1NC1CC1(C)C. The Labute approximate surface area is 111 Å². The van der Waals surface area contributed by atoms with Crippen molar-refractivity contribution in [1.29, 1.82) is 0 Å². The Bertz CT molecular complexity index is 500. The van der Waals surface area contributed by atoms with Crippen LogP contribution in [0.3, 0.4) is 0 Å². The van der Waals surface area contributed by atoms with E-state index in [1.54, 1.807) is 12.1 Å². The van der Waals surface area contributed by atoms with Gasteiger partial charge >= 0.3 is 5.97 Å². The summed E-state index contributed by atoms with van der Waals surface area (Å²) in [6, 6.07) is 3.53. The summed E-state index contributed by atoms with van der Waals surface area (Å²) >= 11 is 6.15. The van der Waals surface area contributed by atoms with E-state index in [4.69, 9.17) is 22.1 Å². The molecule has 1 atom stereocenters. The second-order valence-electron chi connectivity index (χ2n) is 5.31. The summed E-state index contributed by atoms with van der Waals surface area (Å²) in [4.78, 5) is 11.7. The van der Waals surface area contributed by atoms with Crippen molar-refractivity contribution in [3.05, 3.63) is 22.7 Å². The van der Waals surface area contributed by atoms with E-state index in [-0.39, 0.29) is 5.41 Å². The Hall–Kier alpha value is -1.42. The molecule has 1 aromatic rings. The number of ether oxygens (including phenoxy) is 1. The number of anilines is 2. The Morgan fingerprint density at radius 1 is 1.56 bits per heavy atom. The lowest BCUT2D eigenvalue weighted by Gasteiger charge is -2.14. The number of hydrogen-bond donors (Lipinski definition) is 2. The van der Waals surface area contributed by atoms with Gasteiger partial charge in [-0.05, 0) is 24.0 Å². The average Bonchev–Trinajstić information content (AvgIpc) is 2.88. The molecular formula is C13H17ClN2O2. The van der Waals surface area contributed by atoms with Gasteiger partial charge in [-0.3, -0.25) is 0 Å². The van der Waals surface area contributed by atoms with Crippen LogP contribution < -0.4 is 11.1 Å². The topological polar surface area (TPSA) is 64.3 Å². The maximum atomic E-state index is 11.7. The molecule has 1 aliphatic rings. The highest BCUT2D eigenvalue weighted by atomic mass is 35.5. The van der Waals surface area contributed by atoms with Crippen molar-refractivity contribution in [2.75, 3.05) is 18.2 Å². The molecule has 98 valence electrons. The lowest BCUT2D eigenvalue weighted by Crippen LogP contribution is -2.14. The lowest BCUT2D eigenvalue weighted by molar-refractivity contribution is 0.0602. The number of halogens is 1. The standard InChI is InChI=1S/C13H17ClN2O2/c1-13(2)6-10(13)16-11-8(12(17)18-3)4-7(15)5-9(11)14/h4-5,10,16H,6,15H2,1-3H3. The second-order valence-corrected chi connectivity index (χ2v) is 5.71. The maximum Gasteiger partial charge on any atom is 0.340 e. The minimum atomic E-state index is -0.440. The maximum absolute atomic E-state index is 11.7. The molecule has 1 aliphatic carbocycles. The highest BCUT2D eigenvalue weighted by Crippen LogP contribution is 2.47. The first-order valence-electron chi connectivity index (χ1n) is 5.79. The number of carbonyl (C=O) groups is 1. The van der Waals surface area contributed by atoms with E-state index in [1.165, 1.54) is 7.11 Å². The highest BCUT2D eigenvalue weighted by molar-refractivity contribution is 6.34. The molecular weight excluding hydrogens is 252 g/mol. The third kappa shape index (κ3) is 2.38. The van der Waals surface area contributed by atoms with Gasteiger partial charge in [0.1, 0.15) is 0 Å². The van der Waals surface area contributed by atoms with E-state index in [0.29, 0.717) is 28.0 Å². The van der Waals surface area contributed by atoms with Crippen molar-refractivity contribution in [2.24, 2.45) is 5.41 Å². The summed E-state index contributed by atoms with van der Waals surface area (Å²) in [5, 5.41) is 3.74. The molecule has 5 heteroatoms. The molecule has 0 aromatic heterocycles. The molecule has 1 fully saturated rings. The number of nitrogens with one attached hydrogen (secondary N) is 1. The Kier molecular flexibility index (Phi) is 3.15. The van der Waals surface area contributed by atoms with Crippen LogP contribution in [0, 0.1) is 5.41 Å². The molecule has 3 N–H and O–H groups in total. The largest absolute Gasteiger partial charge is 0.465 e. The summed E-state index contributed by atoms with van der Waals surface area (Å²) in [7, 11) is 1.34. The molecule has 0 saturated heterocycles. The fourth-order valence-electron chi connectivity index (χ4n) is 1.93. The van der Waals surface area contributed by atoms with E-state index in [0.717, 1.165) is 6.42 Å². The van der Waals surface area contributed by atoms with Crippen LogP contribution >= 0.6 is 11.6 Å². The molecule has 1 saturated carbocycles. The van der Waals surface area contributed by atoms with Crippen LogP contribution in [0.25, 0.3) is 0 Å². The van der Waals surface area contributed by atoms with Crippen LogP contribution in [0.15, 0.2) is 12.1 Å². The van der Waals surface area contributed by atoms with Crippen molar-refractivity contribution in [1.82, 2.24) is 0 Å². The number of nitrogen functional groups attached to an aromatic ring is 1. The van der Waals surface area contributed by atoms with Gasteiger partial charge in [0, 0.05) is 11.7 Å². The number of rotatable bonds is 3. The summed E-state index contributed by atoms with van der Waals surface area (Å²) in [6.07, 6.45) is 1.05. The number of nitrogens with two attached hydrogens (primary N) is 1. The Morgan fingerprint density at radius 3 is 2.67 bits per heavy atom. The average molecular weight is 269 g/mol. The Morgan fingerprint density at radius 2 is 2.17 bits per heavy atom. The van der Waals surface area contributed by atoms with Crippen LogP contribution in [0.1, 0.15) is 30.6 Å². The third-order valence-electron chi connectivity index (χ3n) is 3.35. The summed E-state index contributed by atoms with van der Waals surface area (Å²) in [5.74, 6) is -0.440. The van der Waals surface area contributed by atoms with Gasteiger partial charge < -0.3 is 15.8 Å². The summed E-state index contributed by atoms with van der Waals surface area (Å²) in [6.45, 7) is 4.32. The first-order valence-corrected chi connectivity index (χ1v) is 6.17. The minimum Gasteiger partial charge on any atom is -0.465 e. The first-order chi connectivity index (χ1) is 8.35. The number of carbonyl (C=O) groups excluding carboxylic acids is 1. The molecule has 4 nitrogen and oxygen atoms in total. The predicted molar refractivity (Wildman–Crippen MR) is 73.0 cm³/mol. The third-order valence-corrected chi connectivity index (χ3v) is 3.65. The van der Waals surface area contributed by atoms with Crippen LogP contribution in [-0.4, -0.2) is 19.1 Å². The van der Waals surface area contributed by atoms with Gasteiger partial charge in [-0.15, -0.1) is 0 Å². The second kappa shape index (κ2) is 4.35. The smallest absolute Gasteiger partial charge is 0.340 e. The van der Waals surface area contributed by atoms with Crippen molar-refractivity contribution in [2.45, 2.75) is 26.3 Å². The zero-order chi connectivity index (χ0) is 13.5. The van der Waals surface area contributed by atoms with Crippen molar-refractivity contribution in [3.63, 3.8) is 0 Å². The van der Waals surface area contributed by atoms with Gasteiger partial charge in [-0.25, -0.2) is 4.79 Å². The molecule has 0 radical (unpaired) electrons. The zero-order valence-electron chi connectivity index (χ0n) is 10.7. The molecule has 0 heterocycles. The highest BCUT2D eigenvalue weighted by Gasteiger charge is 2.46. The molecule has 2 rings (SSSR count). The van der Waals surface area contributed by atoms with Crippen LogP contribution in [0.4, 0.5) is 11.4 Å². The predicted octanol–water partition coefficient (Wildman–Crippen LogP) is 2.92. The number of benzene rings is 1. The molecule has 1 unspecified atom stereocenters. The fraction of sp³-hybridized carbons (Fsp3) is 0.462. The molecule has 0 spiro atoms. The van der Waals surface area contributed by atoms with Gasteiger partial charge in [0.2, 0.25) is 0 Å². The van der Waals surface area contributed by atoms with Crippen LogP contribution in [0.2, 0.25) is 5.02 Å². The van der Waals surface area contributed by atoms with Gasteiger partial charge in [0.15, 0.2) is 0 Å². The lowest BCUT2D eigenvalue weighted by atomic mass is 10.1. The monoisotopic (exact) mass is 268 g/mol. The zero-order valence-corrected chi connectivity index (χ0v) is 11.5.